The number of benzene rings is 1. The number of carbonyl (C=O) groups is 1. The van der Waals surface area contributed by atoms with Gasteiger partial charge in [-0.2, -0.15) is 0 Å². The Bertz CT molecular complexity index is 394. The molecule has 0 amide bonds. The fourth-order valence-electron chi connectivity index (χ4n) is 2.45. The van der Waals surface area contributed by atoms with Gasteiger partial charge in [0.1, 0.15) is 18.1 Å². The van der Waals surface area contributed by atoms with E-state index in [0.29, 0.717) is 12.5 Å². The Hall–Kier alpha value is -1.35. The van der Waals surface area contributed by atoms with Crippen LogP contribution >= 0.6 is 0 Å². The average Bonchev–Trinajstić information content (AvgIpc) is 2.42. The number of ether oxygens (including phenoxy) is 1. The maximum atomic E-state index is 10.5. The van der Waals surface area contributed by atoms with E-state index in [9.17, 15) is 4.79 Å². The number of hydrogen-bond donors (Lipinski definition) is 0. The summed E-state index contributed by atoms with van der Waals surface area (Å²) in [6.45, 7) is 4.29. The predicted octanol–water partition coefficient (Wildman–Crippen LogP) is 2.85. The molecule has 3 nitrogen and oxygen atoms in total. The quantitative estimate of drug-likeness (QED) is 0.763. The zero-order chi connectivity index (χ0) is 13.7. The van der Waals surface area contributed by atoms with Gasteiger partial charge >= 0.3 is 0 Å². The molecule has 1 atom stereocenters. The maximum absolute atomic E-state index is 10.5. The Balaban J connectivity index is 1.89. The van der Waals surface area contributed by atoms with E-state index in [1.807, 2.05) is 12.1 Å². The zero-order valence-electron chi connectivity index (χ0n) is 11.8. The summed E-state index contributed by atoms with van der Waals surface area (Å²) < 4.78 is 6.00. The summed E-state index contributed by atoms with van der Waals surface area (Å²) in [5.41, 5.74) is 1.20. The second-order valence-electron chi connectivity index (χ2n) is 5.49. The first kappa shape index (κ1) is 14.1. The van der Waals surface area contributed by atoms with E-state index >= 15 is 0 Å². The van der Waals surface area contributed by atoms with E-state index in [-0.39, 0.29) is 5.92 Å². The lowest BCUT2D eigenvalue weighted by Crippen LogP contribution is -2.35. The molecule has 1 aromatic carbocycles. The van der Waals surface area contributed by atoms with Gasteiger partial charge in [-0.3, -0.25) is 0 Å². The highest BCUT2D eigenvalue weighted by molar-refractivity contribution is 5.51. The molecule has 2 rings (SSSR count). The summed E-state index contributed by atoms with van der Waals surface area (Å²) in [5, 5.41) is 0. The van der Waals surface area contributed by atoms with Gasteiger partial charge in [0.2, 0.25) is 0 Å². The van der Waals surface area contributed by atoms with Gasteiger partial charge in [-0.1, -0.05) is 19.1 Å². The lowest BCUT2D eigenvalue weighted by Gasteiger charge is -2.29. The molecule has 0 aromatic heterocycles. The van der Waals surface area contributed by atoms with Crippen molar-refractivity contribution in [3.05, 3.63) is 29.8 Å². The van der Waals surface area contributed by atoms with Gasteiger partial charge in [0.25, 0.3) is 0 Å². The lowest BCUT2D eigenvalue weighted by atomic mass is 9.98. The minimum atomic E-state index is 0.287. The average molecular weight is 261 g/mol. The van der Waals surface area contributed by atoms with Crippen molar-refractivity contribution in [1.29, 1.82) is 0 Å². The molecule has 0 saturated carbocycles. The fraction of sp³-hybridized carbons (Fsp3) is 0.562. The summed E-state index contributed by atoms with van der Waals surface area (Å²) in [4.78, 5) is 12.9. The van der Waals surface area contributed by atoms with E-state index in [4.69, 9.17) is 4.74 Å². The molecule has 1 aliphatic rings. The third-order valence-electron chi connectivity index (χ3n) is 3.87. The molecule has 3 heteroatoms. The van der Waals surface area contributed by atoms with Crippen molar-refractivity contribution in [1.82, 2.24) is 4.90 Å². The standard InChI is InChI=1S/C16H23NO2/c1-13(9-12-18)14-3-5-15(6-4-14)19-16-7-10-17(2)11-8-16/h3-6,12-13,16H,7-11H2,1-2H3. The molecule has 1 heterocycles. The highest BCUT2D eigenvalue weighted by atomic mass is 16.5. The summed E-state index contributed by atoms with van der Waals surface area (Å²) in [6.07, 6.45) is 4.09. The van der Waals surface area contributed by atoms with Crippen molar-refractivity contribution >= 4 is 6.29 Å². The number of carbonyl (C=O) groups excluding carboxylic acids is 1. The van der Waals surface area contributed by atoms with Crippen LogP contribution in [0.2, 0.25) is 0 Å². The topological polar surface area (TPSA) is 29.5 Å². The van der Waals surface area contributed by atoms with Crippen molar-refractivity contribution in [2.45, 2.75) is 38.2 Å². The summed E-state index contributed by atoms with van der Waals surface area (Å²) in [5.74, 6) is 1.23. The molecule has 0 radical (unpaired) electrons. The van der Waals surface area contributed by atoms with Gasteiger partial charge in [-0.25, -0.2) is 0 Å². The van der Waals surface area contributed by atoms with Crippen molar-refractivity contribution in [2.75, 3.05) is 20.1 Å². The van der Waals surface area contributed by atoms with Crippen LogP contribution in [-0.4, -0.2) is 37.4 Å². The van der Waals surface area contributed by atoms with Crippen molar-refractivity contribution in [3.63, 3.8) is 0 Å². The Morgan fingerprint density at radius 3 is 2.53 bits per heavy atom. The highest BCUT2D eigenvalue weighted by Crippen LogP contribution is 2.23. The van der Waals surface area contributed by atoms with Gasteiger partial charge in [0.05, 0.1) is 0 Å². The Labute approximate surface area is 115 Å². The van der Waals surface area contributed by atoms with Crippen LogP contribution in [-0.2, 0) is 4.79 Å². The van der Waals surface area contributed by atoms with Gasteiger partial charge in [-0.05, 0) is 43.5 Å². The monoisotopic (exact) mass is 261 g/mol. The normalized spacial score (nSPS) is 19.1. The second-order valence-corrected chi connectivity index (χ2v) is 5.49. The number of hydrogen-bond acceptors (Lipinski definition) is 3. The van der Waals surface area contributed by atoms with Crippen molar-refractivity contribution in [2.24, 2.45) is 0 Å². The zero-order valence-corrected chi connectivity index (χ0v) is 11.8. The van der Waals surface area contributed by atoms with E-state index in [1.165, 1.54) is 5.56 Å². The summed E-state index contributed by atoms with van der Waals surface area (Å²) in [6, 6.07) is 8.18. The summed E-state index contributed by atoms with van der Waals surface area (Å²) >= 11 is 0. The molecule has 0 bridgehead atoms. The van der Waals surface area contributed by atoms with Crippen LogP contribution in [0.5, 0.6) is 5.75 Å². The molecule has 1 fully saturated rings. The molecule has 104 valence electrons. The second kappa shape index (κ2) is 6.71. The minimum absolute atomic E-state index is 0.287. The predicted molar refractivity (Wildman–Crippen MR) is 76.7 cm³/mol. The largest absolute Gasteiger partial charge is 0.490 e. The lowest BCUT2D eigenvalue weighted by molar-refractivity contribution is -0.108. The number of likely N-dealkylation sites (tertiary alicyclic amines) is 1. The van der Waals surface area contributed by atoms with Crippen LogP contribution in [0.3, 0.4) is 0 Å². The SMILES string of the molecule is CC(CC=O)c1ccc(OC2CCN(C)CC2)cc1. The Morgan fingerprint density at radius 2 is 1.95 bits per heavy atom. The molecule has 1 aromatic rings. The number of nitrogens with zero attached hydrogens (tertiary/aromatic N) is 1. The van der Waals surface area contributed by atoms with Crippen LogP contribution in [0.25, 0.3) is 0 Å². The molecular formula is C16H23NO2. The molecular weight excluding hydrogens is 238 g/mol. The fourth-order valence-corrected chi connectivity index (χ4v) is 2.45. The number of aldehydes is 1. The Morgan fingerprint density at radius 1 is 1.32 bits per heavy atom. The molecule has 0 N–H and O–H groups in total. The van der Waals surface area contributed by atoms with Gasteiger partial charge in [0, 0.05) is 19.5 Å². The van der Waals surface area contributed by atoms with Gasteiger partial charge in [-0.15, -0.1) is 0 Å². The first-order valence-corrected chi connectivity index (χ1v) is 7.08. The van der Waals surface area contributed by atoms with Crippen LogP contribution in [0, 0.1) is 0 Å². The minimum Gasteiger partial charge on any atom is -0.490 e. The molecule has 0 spiro atoms. The maximum Gasteiger partial charge on any atom is 0.120 e. The van der Waals surface area contributed by atoms with Crippen LogP contribution < -0.4 is 4.74 Å². The van der Waals surface area contributed by atoms with E-state index in [2.05, 4.69) is 31.0 Å². The van der Waals surface area contributed by atoms with Gasteiger partial charge < -0.3 is 14.4 Å². The van der Waals surface area contributed by atoms with Crippen LogP contribution in [0.15, 0.2) is 24.3 Å². The van der Waals surface area contributed by atoms with Crippen molar-refractivity contribution in [3.8, 4) is 5.75 Å². The highest BCUT2D eigenvalue weighted by Gasteiger charge is 2.17. The van der Waals surface area contributed by atoms with Crippen LogP contribution in [0.1, 0.15) is 37.7 Å². The Kier molecular flexibility index (Phi) is 4.97. The molecule has 0 aliphatic carbocycles. The third kappa shape index (κ3) is 4.06. The molecule has 1 saturated heterocycles. The third-order valence-corrected chi connectivity index (χ3v) is 3.87. The summed E-state index contributed by atoms with van der Waals surface area (Å²) in [7, 11) is 2.15. The van der Waals surface area contributed by atoms with E-state index in [0.717, 1.165) is 38.0 Å². The molecule has 19 heavy (non-hydrogen) atoms. The van der Waals surface area contributed by atoms with Crippen molar-refractivity contribution < 1.29 is 9.53 Å². The smallest absolute Gasteiger partial charge is 0.120 e. The number of rotatable bonds is 5. The first-order valence-electron chi connectivity index (χ1n) is 7.08. The van der Waals surface area contributed by atoms with Crippen LogP contribution in [0.4, 0.5) is 0 Å². The first-order chi connectivity index (χ1) is 9.19. The number of piperidine rings is 1. The molecule has 1 aliphatic heterocycles. The molecule has 1 unspecified atom stereocenters. The van der Waals surface area contributed by atoms with E-state index < -0.39 is 0 Å². The van der Waals surface area contributed by atoms with E-state index in [1.54, 1.807) is 0 Å². The van der Waals surface area contributed by atoms with Gasteiger partial charge in [0.15, 0.2) is 0 Å².